The fraction of sp³-hybridized carbons (Fsp3) is 0.889. The van der Waals surface area contributed by atoms with Gasteiger partial charge in [-0.05, 0) is 25.2 Å². The van der Waals surface area contributed by atoms with Crippen LogP contribution in [0.4, 0.5) is 0 Å². The van der Waals surface area contributed by atoms with E-state index in [4.69, 9.17) is 5.73 Å². The van der Waals surface area contributed by atoms with E-state index in [-0.39, 0.29) is 0 Å². The normalized spacial score (nSPS) is 41.7. The Bertz CT molecular complexity index is 205. The number of fused-ring (bicyclic) bond motifs is 1. The van der Waals surface area contributed by atoms with E-state index in [1.807, 2.05) is 11.9 Å². The first-order chi connectivity index (χ1) is 5.68. The first-order valence-corrected chi connectivity index (χ1v) is 4.69. The molecule has 3 nitrogen and oxygen atoms in total. The number of carbonyl (C=O) groups excluding carboxylic acids is 1. The van der Waals surface area contributed by atoms with Crippen molar-refractivity contribution in [3.63, 3.8) is 0 Å². The Morgan fingerprint density at radius 1 is 1.50 bits per heavy atom. The third-order valence-electron chi connectivity index (χ3n) is 3.32. The molecule has 1 heterocycles. The molecular weight excluding hydrogens is 152 g/mol. The van der Waals surface area contributed by atoms with Crippen molar-refractivity contribution in [2.75, 3.05) is 7.05 Å². The molecule has 1 saturated carbocycles. The lowest BCUT2D eigenvalue weighted by Gasteiger charge is -2.32. The van der Waals surface area contributed by atoms with E-state index < -0.39 is 0 Å². The van der Waals surface area contributed by atoms with Gasteiger partial charge in [-0.1, -0.05) is 0 Å². The van der Waals surface area contributed by atoms with E-state index in [1.165, 1.54) is 0 Å². The van der Waals surface area contributed by atoms with Gasteiger partial charge in [-0.25, -0.2) is 0 Å². The molecule has 0 spiro atoms. The standard InChI is InChI=1S/C9H16N2O/c1-11-8-5-7(10)3-2-6(8)4-9(11)12/h6-8H,2-5,10H2,1H3. The number of carbonyl (C=O) groups is 1. The zero-order valence-corrected chi connectivity index (χ0v) is 7.49. The van der Waals surface area contributed by atoms with Gasteiger partial charge in [-0.2, -0.15) is 0 Å². The van der Waals surface area contributed by atoms with Crippen LogP contribution in [0.3, 0.4) is 0 Å². The van der Waals surface area contributed by atoms with Gasteiger partial charge in [0.2, 0.25) is 5.91 Å². The summed E-state index contributed by atoms with van der Waals surface area (Å²) in [7, 11) is 1.91. The minimum absolute atomic E-state index is 0.305. The predicted octanol–water partition coefficient (Wildman–Crippen LogP) is 0.344. The molecule has 2 N–H and O–H groups in total. The number of amides is 1. The van der Waals surface area contributed by atoms with Gasteiger partial charge in [0.1, 0.15) is 0 Å². The Morgan fingerprint density at radius 2 is 2.25 bits per heavy atom. The smallest absolute Gasteiger partial charge is 0.222 e. The maximum Gasteiger partial charge on any atom is 0.222 e. The first-order valence-electron chi connectivity index (χ1n) is 4.69. The lowest BCUT2D eigenvalue weighted by Crippen LogP contribution is -2.41. The lowest BCUT2D eigenvalue weighted by molar-refractivity contribution is -0.127. The fourth-order valence-electron chi connectivity index (χ4n) is 2.51. The Labute approximate surface area is 72.9 Å². The highest BCUT2D eigenvalue weighted by molar-refractivity contribution is 5.79. The number of nitrogens with zero attached hydrogens (tertiary/aromatic N) is 1. The SMILES string of the molecule is CN1C(=O)CC2CCC(N)CC21. The lowest BCUT2D eigenvalue weighted by atomic mass is 9.83. The predicted molar refractivity (Wildman–Crippen MR) is 46.5 cm³/mol. The average Bonchev–Trinajstić information content (AvgIpc) is 2.31. The Hall–Kier alpha value is -0.570. The number of nitrogens with two attached hydrogens (primary N) is 1. The summed E-state index contributed by atoms with van der Waals surface area (Å²) in [6, 6.07) is 0.765. The zero-order chi connectivity index (χ0) is 8.72. The van der Waals surface area contributed by atoms with Gasteiger partial charge in [0.05, 0.1) is 0 Å². The Balaban J connectivity index is 2.10. The second kappa shape index (κ2) is 2.73. The van der Waals surface area contributed by atoms with Crippen LogP contribution in [0.2, 0.25) is 0 Å². The molecule has 2 fully saturated rings. The molecular formula is C9H16N2O. The molecule has 1 saturated heterocycles. The van der Waals surface area contributed by atoms with Crippen molar-refractivity contribution < 1.29 is 4.79 Å². The van der Waals surface area contributed by atoms with Gasteiger partial charge in [0.25, 0.3) is 0 Å². The molecule has 3 heteroatoms. The van der Waals surface area contributed by atoms with E-state index in [0.29, 0.717) is 23.9 Å². The number of hydrogen-bond acceptors (Lipinski definition) is 2. The molecule has 2 rings (SSSR count). The third-order valence-corrected chi connectivity index (χ3v) is 3.32. The second-order valence-corrected chi connectivity index (χ2v) is 4.11. The van der Waals surface area contributed by atoms with Crippen LogP contribution in [0.1, 0.15) is 25.7 Å². The summed E-state index contributed by atoms with van der Waals surface area (Å²) in [6.07, 6.45) is 4.00. The van der Waals surface area contributed by atoms with Crippen molar-refractivity contribution in [2.24, 2.45) is 11.7 Å². The van der Waals surface area contributed by atoms with Crippen LogP contribution < -0.4 is 5.73 Å². The molecule has 3 unspecified atom stereocenters. The summed E-state index contributed by atoms with van der Waals surface area (Å²) >= 11 is 0. The molecule has 0 aromatic rings. The number of likely N-dealkylation sites (tertiary alicyclic amines) is 1. The van der Waals surface area contributed by atoms with Gasteiger partial charge >= 0.3 is 0 Å². The maximum atomic E-state index is 11.3. The highest BCUT2D eigenvalue weighted by Gasteiger charge is 2.40. The van der Waals surface area contributed by atoms with Crippen LogP contribution in [-0.4, -0.2) is 29.9 Å². The van der Waals surface area contributed by atoms with Crippen LogP contribution in [0.15, 0.2) is 0 Å². The van der Waals surface area contributed by atoms with Gasteiger partial charge in [0, 0.05) is 25.6 Å². The van der Waals surface area contributed by atoms with Crippen LogP contribution in [0.5, 0.6) is 0 Å². The average molecular weight is 168 g/mol. The minimum atomic E-state index is 0.305. The summed E-state index contributed by atoms with van der Waals surface area (Å²) in [5.41, 5.74) is 5.86. The van der Waals surface area contributed by atoms with E-state index in [2.05, 4.69) is 0 Å². The topological polar surface area (TPSA) is 46.3 Å². The largest absolute Gasteiger partial charge is 0.342 e. The molecule has 3 atom stereocenters. The minimum Gasteiger partial charge on any atom is -0.342 e. The van der Waals surface area contributed by atoms with Crippen molar-refractivity contribution in [1.82, 2.24) is 4.90 Å². The third kappa shape index (κ3) is 1.12. The van der Waals surface area contributed by atoms with Gasteiger partial charge in [-0.15, -0.1) is 0 Å². The Morgan fingerprint density at radius 3 is 3.00 bits per heavy atom. The number of rotatable bonds is 0. The summed E-state index contributed by atoms with van der Waals surface area (Å²) < 4.78 is 0. The van der Waals surface area contributed by atoms with Crippen molar-refractivity contribution >= 4 is 5.91 Å². The molecule has 1 aliphatic carbocycles. The van der Waals surface area contributed by atoms with E-state index >= 15 is 0 Å². The first kappa shape index (κ1) is 8.05. The van der Waals surface area contributed by atoms with Crippen LogP contribution >= 0.6 is 0 Å². The highest BCUT2D eigenvalue weighted by Crippen LogP contribution is 2.35. The molecule has 1 amide bonds. The maximum absolute atomic E-state index is 11.3. The summed E-state index contributed by atoms with van der Waals surface area (Å²) in [4.78, 5) is 13.2. The second-order valence-electron chi connectivity index (χ2n) is 4.11. The quantitative estimate of drug-likeness (QED) is 0.567. The number of hydrogen-bond donors (Lipinski definition) is 1. The Kier molecular flexibility index (Phi) is 1.83. The van der Waals surface area contributed by atoms with Gasteiger partial charge in [-0.3, -0.25) is 4.79 Å². The molecule has 1 aliphatic heterocycles. The van der Waals surface area contributed by atoms with Crippen LogP contribution in [0, 0.1) is 5.92 Å². The van der Waals surface area contributed by atoms with Gasteiger partial charge < -0.3 is 10.6 Å². The molecule has 0 bridgehead atoms. The summed E-state index contributed by atoms with van der Waals surface area (Å²) in [5, 5.41) is 0. The van der Waals surface area contributed by atoms with Crippen molar-refractivity contribution in [3.8, 4) is 0 Å². The molecule has 2 aliphatic rings. The van der Waals surface area contributed by atoms with Crippen LogP contribution in [0.25, 0.3) is 0 Å². The van der Waals surface area contributed by atoms with E-state index in [1.54, 1.807) is 0 Å². The molecule has 12 heavy (non-hydrogen) atoms. The summed E-state index contributed by atoms with van der Waals surface area (Å²) in [5.74, 6) is 0.904. The monoisotopic (exact) mass is 168 g/mol. The van der Waals surface area contributed by atoms with Crippen molar-refractivity contribution in [3.05, 3.63) is 0 Å². The van der Waals surface area contributed by atoms with Crippen LogP contribution in [-0.2, 0) is 4.79 Å². The molecule has 68 valence electrons. The zero-order valence-electron chi connectivity index (χ0n) is 7.49. The molecule has 0 aromatic carbocycles. The fourth-order valence-corrected chi connectivity index (χ4v) is 2.51. The highest BCUT2D eigenvalue weighted by atomic mass is 16.2. The summed E-state index contributed by atoms with van der Waals surface area (Å²) in [6.45, 7) is 0. The van der Waals surface area contributed by atoms with Crippen molar-refractivity contribution in [2.45, 2.75) is 37.8 Å². The molecule has 0 aromatic heterocycles. The van der Waals surface area contributed by atoms with E-state index in [9.17, 15) is 4.79 Å². The van der Waals surface area contributed by atoms with E-state index in [0.717, 1.165) is 25.7 Å². The molecule has 0 radical (unpaired) electrons. The van der Waals surface area contributed by atoms with Crippen molar-refractivity contribution in [1.29, 1.82) is 0 Å². The van der Waals surface area contributed by atoms with Gasteiger partial charge in [0.15, 0.2) is 0 Å².